The molecule has 1 nitrogen and oxygen atoms in total. The molecule has 0 radical (unpaired) electrons. The van der Waals surface area contributed by atoms with E-state index in [9.17, 15) is 0 Å². The second-order valence-corrected chi connectivity index (χ2v) is 3.49. The molecule has 0 spiro atoms. The first-order chi connectivity index (χ1) is 3.83. The lowest BCUT2D eigenvalue weighted by molar-refractivity contribution is 0.154. The van der Waals surface area contributed by atoms with Gasteiger partial charge in [0, 0.05) is 16.9 Å². The topological polar surface area (TPSA) is 20.2 Å². The Morgan fingerprint density at radius 3 is 2.25 bits per heavy atom. The van der Waals surface area contributed by atoms with Crippen LogP contribution in [0.4, 0.5) is 0 Å². The van der Waals surface area contributed by atoms with Crippen LogP contribution in [0.1, 0.15) is 13.3 Å². The minimum Gasteiger partial charge on any atom is -0.396 e. The Bertz CT molecular complexity index is 65.1. The molecule has 0 aromatic carbocycles. The number of hydrogen-bond donors (Lipinski definition) is 1. The normalized spacial score (nSPS) is 24.8. The smallest absolute Gasteiger partial charge is 0.0503 e. The maximum Gasteiger partial charge on any atom is 0.0503 e. The van der Waals surface area contributed by atoms with Crippen molar-refractivity contribution in [3.05, 3.63) is 0 Å². The Labute approximate surface area is 54.5 Å². The molecule has 0 atom stereocenters. The monoisotopic (exact) mass is 132 g/mol. The molecule has 1 rings (SSSR count). The van der Waals surface area contributed by atoms with E-state index >= 15 is 0 Å². The van der Waals surface area contributed by atoms with Gasteiger partial charge in [-0.25, -0.2) is 0 Å². The highest BCUT2D eigenvalue weighted by atomic mass is 32.2. The van der Waals surface area contributed by atoms with Crippen molar-refractivity contribution in [2.45, 2.75) is 13.3 Å². The molecule has 0 aromatic rings. The molecule has 48 valence electrons. The van der Waals surface area contributed by atoms with Gasteiger partial charge in [-0.05, 0) is 6.42 Å². The van der Waals surface area contributed by atoms with Crippen LogP contribution in [0.25, 0.3) is 0 Å². The molecule has 8 heavy (non-hydrogen) atoms. The standard InChI is InChI=1S/C6H12OS/c1-2-6(3-7)4-8-5-6/h7H,2-5H2,1H3. The second-order valence-electron chi connectivity index (χ2n) is 2.50. The fraction of sp³-hybridized carbons (Fsp3) is 1.00. The summed E-state index contributed by atoms with van der Waals surface area (Å²) >= 11 is 1.93. The van der Waals surface area contributed by atoms with Gasteiger partial charge in [-0.2, -0.15) is 11.8 Å². The van der Waals surface area contributed by atoms with E-state index < -0.39 is 0 Å². The minimum atomic E-state index is 0.324. The van der Waals surface area contributed by atoms with Gasteiger partial charge in [-0.1, -0.05) is 6.92 Å². The van der Waals surface area contributed by atoms with Gasteiger partial charge in [0.15, 0.2) is 0 Å². The summed E-state index contributed by atoms with van der Waals surface area (Å²) in [5, 5.41) is 8.82. The van der Waals surface area contributed by atoms with Crippen LogP contribution < -0.4 is 0 Å². The van der Waals surface area contributed by atoms with Crippen LogP contribution in [0.2, 0.25) is 0 Å². The minimum absolute atomic E-state index is 0.324. The number of aliphatic hydroxyl groups is 1. The summed E-state index contributed by atoms with van der Waals surface area (Å²) in [4.78, 5) is 0. The summed E-state index contributed by atoms with van der Waals surface area (Å²) in [7, 11) is 0. The SMILES string of the molecule is CCC1(CO)CSC1. The molecule has 2 heteroatoms. The molecular formula is C6H12OS. The van der Waals surface area contributed by atoms with Gasteiger partial charge in [0.2, 0.25) is 0 Å². The summed E-state index contributed by atoms with van der Waals surface area (Å²) < 4.78 is 0. The summed E-state index contributed by atoms with van der Waals surface area (Å²) in [5.41, 5.74) is 0.324. The van der Waals surface area contributed by atoms with E-state index in [0.717, 1.165) is 6.42 Å². The molecule has 1 heterocycles. The van der Waals surface area contributed by atoms with E-state index in [1.165, 1.54) is 11.5 Å². The number of thioether (sulfide) groups is 1. The largest absolute Gasteiger partial charge is 0.396 e. The first kappa shape index (κ1) is 6.43. The Kier molecular flexibility index (Phi) is 1.83. The third kappa shape index (κ3) is 0.869. The first-order valence-corrected chi connectivity index (χ1v) is 4.17. The number of rotatable bonds is 2. The first-order valence-electron chi connectivity index (χ1n) is 3.01. The quantitative estimate of drug-likeness (QED) is 0.607. The van der Waals surface area contributed by atoms with E-state index in [2.05, 4.69) is 6.92 Å². The van der Waals surface area contributed by atoms with Crippen LogP contribution in [0.3, 0.4) is 0 Å². The zero-order valence-electron chi connectivity index (χ0n) is 5.18. The molecule has 0 amide bonds. The summed E-state index contributed by atoms with van der Waals surface area (Å²) in [5.74, 6) is 2.33. The van der Waals surface area contributed by atoms with Crippen LogP contribution >= 0.6 is 11.8 Å². The maximum atomic E-state index is 8.82. The van der Waals surface area contributed by atoms with Crippen molar-refractivity contribution in [2.24, 2.45) is 5.41 Å². The van der Waals surface area contributed by atoms with Gasteiger partial charge in [0.1, 0.15) is 0 Å². The third-order valence-electron chi connectivity index (χ3n) is 1.90. The summed E-state index contributed by atoms with van der Waals surface area (Å²) in [6.07, 6.45) is 1.14. The molecule has 1 saturated heterocycles. The molecule has 1 N–H and O–H groups in total. The van der Waals surface area contributed by atoms with Gasteiger partial charge in [0.25, 0.3) is 0 Å². The molecule has 0 aliphatic carbocycles. The predicted octanol–water partition coefficient (Wildman–Crippen LogP) is 1.12. The van der Waals surface area contributed by atoms with Gasteiger partial charge < -0.3 is 5.11 Å². The van der Waals surface area contributed by atoms with Gasteiger partial charge in [-0.3, -0.25) is 0 Å². The average molecular weight is 132 g/mol. The van der Waals surface area contributed by atoms with Gasteiger partial charge in [0.05, 0.1) is 6.61 Å². The lowest BCUT2D eigenvalue weighted by Crippen LogP contribution is -2.38. The molecule has 0 unspecified atom stereocenters. The van der Waals surface area contributed by atoms with E-state index in [-0.39, 0.29) is 0 Å². The van der Waals surface area contributed by atoms with Crippen LogP contribution in [-0.2, 0) is 0 Å². The van der Waals surface area contributed by atoms with E-state index in [4.69, 9.17) is 5.11 Å². The van der Waals surface area contributed by atoms with Crippen LogP contribution in [0, 0.1) is 5.41 Å². The molecule has 0 saturated carbocycles. The van der Waals surface area contributed by atoms with Crippen molar-refractivity contribution < 1.29 is 5.11 Å². The highest BCUT2D eigenvalue weighted by Gasteiger charge is 2.34. The fourth-order valence-corrected chi connectivity index (χ4v) is 2.17. The summed E-state index contributed by atoms with van der Waals surface area (Å²) in [6, 6.07) is 0. The second kappa shape index (κ2) is 2.28. The lowest BCUT2D eigenvalue weighted by atomic mass is 9.90. The van der Waals surface area contributed by atoms with Crippen molar-refractivity contribution in [3.63, 3.8) is 0 Å². The molecule has 1 aliphatic rings. The van der Waals surface area contributed by atoms with Crippen molar-refractivity contribution in [1.29, 1.82) is 0 Å². The van der Waals surface area contributed by atoms with E-state index in [1.54, 1.807) is 0 Å². The Morgan fingerprint density at radius 1 is 1.62 bits per heavy atom. The van der Waals surface area contributed by atoms with Crippen LogP contribution in [0.15, 0.2) is 0 Å². The lowest BCUT2D eigenvalue weighted by Gasteiger charge is -2.38. The van der Waals surface area contributed by atoms with Crippen LogP contribution in [0.5, 0.6) is 0 Å². The summed E-state index contributed by atoms with van der Waals surface area (Å²) in [6.45, 7) is 2.53. The van der Waals surface area contributed by atoms with E-state index in [0.29, 0.717) is 12.0 Å². The third-order valence-corrected chi connectivity index (χ3v) is 3.53. The molecule has 1 fully saturated rings. The average Bonchev–Trinajstić information content (AvgIpc) is 1.67. The predicted molar refractivity (Wildman–Crippen MR) is 37.1 cm³/mol. The van der Waals surface area contributed by atoms with Crippen molar-refractivity contribution in [1.82, 2.24) is 0 Å². The molecule has 1 aliphatic heterocycles. The molecule has 0 aromatic heterocycles. The highest BCUT2D eigenvalue weighted by Crippen LogP contribution is 2.39. The molecule has 0 bridgehead atoms. The molecular weight excluding hydrogens is 120 g/mol. The Balaban J connectivity index is 2.33. The van der Waals surface area contributed by atoms with Crippen molar-refractivity contribution >= 4 is 11.8 Å². The van der Waals surface area contributed by atoms with Crippen molar-refractivity contribution in [2.75, 3.05) is 18.1 Å². The van der Waals surface area contributed by atoms with Crippen LogP contribution in [-0.4, -0.2) is 23.2 Å². The Morgan fingerprint density at radius 2 is 2.25 bits per heavy atom. The van der Waals surface area contributed by atoms with Gasteiger partial charge >= 0.3 is 0 Å². The van der Waals surface area contributed by atoms with E-state index in [1.807, 2.05) is 11.8 Å². The zero-order valence-corrected chi connectivity index (χ0v) is 6.00. The highest BCUT2D eigenvalue weighted by molar-refractivity contribution is 8.00. The maximum absolute atomic E-state index is 8.82. The zero-order chi connectivity index (χ0) is 6.04. The number of hydrogen-bond acceptors (Lipinski definition) is 2. The number of aliphatic hydroxyl groups excluding tert-OH is 1. The van der Waals surface area contributed by atoms with Crippen molar-refractivity contribution in [3.8, 4) is 0 Å². The fourth-order valence-electron chi connectivity index (χ4n) is 0.798. The van der Waals surface area contributed by atoms with Gasteiger partial charge in [-0.15, -0.1) is 0 Å². The Hall–Kier alpha value is 0.310.